The second-order valence-electron chi connectivity index (χ2n) is 5.60. The average molecular weight is 330 g/mol. The molecule has 0 atom stereocenters. The Hall–Kier alpha value is -2.83. The van der Waals surface area contributed by atoms with Crippen molar-refractivity contribution in [2.75, 3.05) is 26.1 Å². The summed E-state index contributed by atoms with van der Waals surface area (Å²) in [5.41, 5.74) is 0.974. The van der Waals surface area contributed by atoms with Crippen molar-refractivity contribution in [3.05, 3.63) is 36.0 Å². The lowest BCUT2D eigenvalue weighted by atomic mass is 10.2. The molecule has 0 aliphatic heterocycles. The Bertz CT molecular complexity index is 687. The highest BCUT2D eigenvalue weighted by Crippen LogP contribution is 2.30. The van der Waals surface area contributed by atoms with Crippen LogP contribution in [0.4, 0.5) is 11.5 Å². The van der Waals surface area contributed by atoms with Gasteiger partial charge in [-0.25, -0.2) is 0 Å². The van der Waals surface area contributed by atoms with E-state index in [9.17, 15) is 4.79 Å². The highest BCUT2D eigenvalue weighted by atomic mass is 16.5. The molecule has 0 saturated carbocycles. The largest absolute Gasteiger partial charge is 0.497 e. The Morgan fingerprint density at radius 2 is 1.92 bits per heavy atom. The fourth-order valence-electron chi connectivity index (χ4n) is 1.96. The summed E-state index contributed by atoms with van der Waals surface area (Å²) in [7, 11) is 3.18. The number of hydrogen-bond donors (Lipinski definition) is 2. The first-order valence-electron chi connectivity index (χ1n) is 7.64. The molecule has 0 radical (unpaired) electrons. The first-order chi connectivity index (χ1) is 11.5. The fraction of sp³-hybridized carbons (Fsp3) is 0.353. The topological polar surface area (TPSA) is 85.4 Å². The van der Waals surface area contributed by atoms with Crippen molar-refractivity contribution in [3.63, 3.8) is 0 Å². The summed E-state index contributed by atoms with van der Waals surface area (Å²) in [4.78, 5) is 11.9. The predicted molar refractivity (Wildman–Crippen MR) is 92.0 cm³/mol. The van der Waals surface area contributed by atoms with E-state index < -0.39 is 0 Å². The average Bonchev–Trinajstić information content (AvgIpc) is 2.60. The lowest BCUT2D eigenvalue weighted by Gasteiger charge is -2.12. The minimum atomic E-state index is -0.235. The Kier molecular flexibility index (Phi) is 5.95. The van der Waals surface area contributed by atoms with Crippen LogP contribution in [0.25, 0.3) is 0 Å². The van der Waals surface area contributed by atoms with Crippen LogP contribution in [0, 0.1) is 5.92 Å². The van der Waals surface area contributed by atoms with Gasteiger partial charge in [-0.05, 0) is 30.2 Å². The summed E-state index contributed by atoms with van der Waals surface area (Å²) >= 11 is 0. The lowest BCUT2D eigenvalue weighted by Crippen LogP contribution is -2.28. The normalized spacial score (nSPS) is 10.4. The van der Waals surface area contributed by atoms with Gasteiger partial charge in [-0.15, -0.1) is 10.2 Å². The third-order valence-electron chi connectivity index (χ3n) is 3.24. The molecule has 0 spiro atoms. The minimum absolute atomic E-state index is 0.235. The first kappa shape index (κ1) is 17.5. The van der Waals surface area contributed by atoms with Gasteiger partial charge in [0.25, 0.3) is 5.91 Å². The van der Waals surface area contributed by atoms with Crippen LogP contribution in [0.1, 0.15) is 24.3 Å². The molecule has 7 heteroatoms. The van der Waals surface area contributed by atoms with Crippen LogP contribution in [0.15, 0.2) is 30.3 Å². The molecular formula is C17H22N4O3. The molecule has 0 aliphatic carbocycles. The summed E-state index contributed by atoms with van der Waals surface area (Å²) in [5, 5.41) is 13.9. The highest BCUT2D eigenvalue weighted by molar-refractivity contribution is 5.92. The third kappa shape index (κ3) is 4.58. The van der Waals surface area contributed by atoms with Gasteiger partial charge in [-0.1, -0.05) is 13.8 Å². The van der Waals surface area contributed by atoms with Crippen LogP contribution in [0.2, 0.25) is 0 Å². The molecule has 7 nitrogen and oxygen atoms in total. The number of nitrogens with zero attached hydrogens (tertiary/aromatic N) is 2. The number of methoxy groups -OCH3 is 2. The Morgan fingerprint density at radius 1 is 1.12 bits per heavy atom. The standard InChI is InChI=1S/C17H22N4O3/c1-11(2)10-18-17(22)13-6-8-16(21-20-13)19-14-9-12(23-3)5-7-15(14)24-4/h5-9,11H,10H2,1-4H3,(H,18,22)(H,19,21). The van der Waals surface area contributed by atoms with E-state index in [0.29, 0.717) is 35.5 Å². The van der Waals surface area contributed by atoms with Gasteiger partial charge < -0.3 is 20.1 Å². The van der Waals surface area contributed by atoms with Crippen molar-refractivity contribution in [3.8, 4) is 11.5 Å². The van der Waals surface area contributed by atoms with E-state index in [4.69, 9.17) is 9.47 Å². The quantitative estimate of drug-likeness (QED) is 0.812. The number of anilines is 2. The summed E-state index contributed by atoms with van der Waals surface area (Å²) in [5.74, 6) is 1.99. The number of rotatable bonds is 7. The zero-order chi connectivity index (χ0) is 17.5. The minimum Gasteiger partial charge on any atom is -0.497 e. The molecule has 1 aromatic carbocycles. The Morgan fingerprint density at radius 3 is 2.50 bits per heavy atom. The van der Waals surface area contributed by atoms with Gasteiger partial charge in [-0.2, -0.15) is 0 Å². The fourth-order valence-corrected chi connectivity index (χ4v) is 1.96. The summed E-state index contributed by atoms with van der Waals surface area (Å²) in [6, 6.07) is 8.71. The zero-order valence-electron chi connectivity index (χ0n) is 14.3. The maximum Gasteiger partial charge on any atom is 0.271 e. The number of carbonyl (C=O) groups is 1. The van der Waals surface area contributed by atoms with Gasteiger partial charge in [-0.3, -0.25) is 4.79 Å². The summed E-state index contributed by atoms with van der Waals surface area (Å²) < 4.78 is 10.5. The number of amides is 1. The lowest BCUT2D eigenvalue weighted by molar-refractivity contribution is 0.0943. The van der Waals surface area contributed by atoms with E-state index in [2.05, 4.69) is 20.8 Å². The van der Waals surface area contributed by atoms with Crippen LogP contribution >= 0.6 is 0 Å². The SMILES string of the molecule is COc1ccc(OC)c(Nc2ccc(C(=O)NCC(C)C)nn2)c1. The second kappa shape index (κ2) is 8.14. The number of ether oxygens (including phenoxy) is 2. The molecule has 2 aromatic rings. The number of hydrogen-bond acceptors (Lipinski definition) is 6. The van der Waals surface area contributed by atoms with Crippen LogP contribution < -0.4 is 20.1 Å². The zero-order valence-corrected chi connectivity index (χ0v) is 14.3. The molecule has 2 N–H and O–H groups in total. The van der Waals surface area contributed by atoms with Crippen molar-refractivity contribution in [1.82, 2.24) is 15.5 Å². The molecule has 0 unspecified atom stereocenters. The molecule has 24 heavy (non-hydrogen) atoms. The molecule has 0 fully saturated rings. The molecule has 1 heterocycles. The van der Waals surface area contributed by atoms with Crippen LogP contribution in [0.5, 0.6) is 11.5 Å². The maximum atomic E-state index is 11.9. The summed E-state index contributed by atoms with van der Waals surface area (Å²) in [6.45, 7) is 4.66. The monoisotopic (exact) mass is 330 g/mol. The number of aromatic nitrogens is 2. The van der Waals surface area contributed by atoms with Crippen molar-refractivity contribution in [2.45, 2.75) is 13.8 Å². The van der Waals surface area contributed by atoms with Crippen molar-refractivity contribution < 1.29 is 14.3 Å². The van der Waals surface area contributed by atoms with Gasteiger partial charge in [0.15, 0.2) is 11.5 Å². The molecule has 0 aliphatic rings. The maximum absolute atomic E-state index is 11.9. The van der Waals surface area contributed by atoms with E-state index in [1.54, 1.807) is 44.6 Å². The molecule has 128 valence electrons. The van der Waals surface area contributed by atoms with E-state index in [1.807, 2.05) is 13.8 Å². The van der Waals surface area contributed by atoms with E-state index in [0.717, 1.165) is 0 Å². The van der Waals surface area contributed by atoms with E-state index in [-0.39, 0.29) is 11.6 Å². The second-order valence-corrected chi connectivity index (χ2v) is 5.60. The number of carbonyl (C=O) groups excluding carboxylic acids is 1. The van der Waals surface area contributed by atoms with E-state index in [1.165, 1.54) is 0 Å². The van der Waals surface area contributed by atoms with Crippen molar-refractivity contribution >= 4 is 17.4 Å². The highest BCUT2D eigenvalue weighted by Gasteiger charge is 2.10. The number of benzene rings is 1. The molecule has 0 bridgehead atoms. The molecule has 1 amide bonds. The van der Waals surface area contributed by atoms with Crippen molar-refractivity contribution in [2.24, 2.45) is 5.92 Å². The van der Waals surface area contributed by atoms with Gasteiger partial charge >= 0.3 is 0 Å². The van der Waals surface area contributed by atoms with Crippen molar-refractivity contribution in [1.29, 1.82) is 0 Å². The van der Waals surface area contributed by atoms with Crippen LogP contribution in [-0.2, 0) is 0 Å². The number of nitrogens with one attached hydrogen (secondary N) is 2. The third-order valence-corrected chi connectivity index (χ3v) is 3.24. The summed E-state index contributed by atoms with van der Waals surface area (Å²) in [6.07, 6.45) is 0. The first-order valence-corrected chi connectivity index (χ1v) is 7.64. The van der Waals surface area contributed by atoms with Crippen LogP contribution in [-0.4, -0.2) is 36.9 Å². The van der Waals surface area contributed by atoms with Gasteiger partial charge in [0.2, 0.25) is 0 Å². The molecule has 2 rings (SSSR count). The Labute approximate surface area is 141 Å². The molecule has 0 saturated heterocycles. The van der Waals surface area contributed by atoms with Gasteiger partial charge in [0, 0.05) is 12.6 Å². The van der Waals surface area contributed by atoms with Crippen LogP contribution in [0.3, 0.4) is 0 Å². The molecule has 1 aromatic heterocycles. The predicted octanol–water partition coefficient (Wildman–Crippen LogP) is 2.62. The van der Waals surface area contributed by atoms with Gasteiger partial charge in [0.05, 0.1) is 19.9 Å². The van der Waals surface area contributed by atoms with Gasteiger partial charge in [0.1, 0.15) is 11.5 Å². The Balaban J connectivity index is 2.10. The smallest absolute Gasteiger partial charge is 0.271 e. The van der Waals surface area contributed by atoms with E-state index >= 15 is 0 Å². The molecular weight excluding hydrogens is 308 g/mol.